The van der Waals surface area contributed by atoms with Crippen LogP contribution in [0.4, 0.5) is 8.78 Å². The highest BCUT2D eigenvalue weighted by molar-refractivity contribution is 5.90. The molecule has 4 heteroatoms. The molecule has 0 radical (unpaired) electrons. The van der Waals surface area contributed by atoms with Gasteiger partial charge in [-0.25, -0.2) is 13.6 Å². The predicted molar refractivity (Wildman–Crippen MR) is 77.1 cm³/mol. The van der Waals surface area contributed by atoms with Crippen molar-refractivity contribution < 1.29 is 18.3 Å². The summed E-state index contributed by atoms with van der Waals surface area (Å²) in [4.78, 5) is 11.3. The van der Waals surface area contributed by atoms with Gasteiger partial charge in [0.2, 0.25) is 0 Å². The Kier molecular flexibility index (Phi) is 4.68. The molecule has 0 fully saturated rings. The molecule has 110 valence electrons. The maximum absolute atomic E-state index is 14.1. The first-order valence-electron chi connectivity index (χ1n) is 6.74. The monoisotopic (exact) mass is 290 g/mol. The molecule has 0 N–H and O–H groups in total. The molecule has 0 aliphatic heterocycles. The third-order valence-corrected chi connectivity index (χ3v) is 3.29. The van der Waals surface area contributed by atoms with E-state index in [0.29, 0.717) is 5.56 Å². The summed E-state index contributed by atoms with van der Waals surface area (Å²) in [6, 6.07) is 9.91. The second-order valence-corrected chi connectivity index (χ2v) is 4.73. The fourth-order valence-electron chi connectivity index (χ4n) is 2.18. The van der Waals surface area contributed by atoms with E-state index in [9.17, 15) is 13.6 Å². The first kappa shape index (κ1) is 15.2. The maximum Gasteiger partial charge on any atom is 0.340 e. The molecule has 0 heterocycles. The zero-order chi connectivity index (χ0) is 15.4. The number of esters is 1. The van der Waals surface area contributed by atoms with E-state index < -0.39 is 23.2 Å². The van der Waals surface area contributed by atoms with Crippen LogP contribution >= 0.6 is 0 Å². The quantitative estimate of drug-likeness (QED) is 0.781. The molecule has 0 saturated carbocycles. The summed E-state index contributed by atoms with van der Waals surface area (Å²) in [7, 11) is 1.13. The smallest absolute Gasteiger partial charge is 0.340 e. The van der Waals surface area contributed by atoms with E-state index in [4.69, 9.17) is 0 Å². The minimum atomic E-state index is -1.18. The molecule has 0 atom stereocenters. The molecule has 0 aliphatic rings. The van der Waals surface area contributed by atoms with Crippen LogP contribution in [0.2, 0.25) is 0 Å². The van der Waals surface area contributed by atoms with Crippen LogP contribution in [0.15, 0.2) is 36.4 Å². The largest absolute Gasteiger partial charge is 0.465 e. The van der Waals surface area contributed by atoms with Crippen molar-refractivity contribution in [3.05, 3.63) is 59.2 Å². The topological polar surface area (TPSA) is 26.3 Å². The summed E-state index contributed by atoms with van der Waals surface area (Å²) in [5, 5.41) is 0. The third-order valence-electron chi connectivity index (χ3n) is 3.29. The average molecular weight is 290 g/mol. The zero-order valence-corrected chi connectivity index (χ0v) is 12.0. The Bertz CT molecular complexity index is 649. The van der Waals surface area contributed by atoms with Crippen molar-refractivity contribution in [3.8, 4) is 11.1 Å². The fraction of sp³-hybridized carbons (Fsp3) is 0.235. The normalized spacial score (nSPS) is 10.5. The molecule has 2 rings (SSSR count). The van der Waals surface area contributed by atoms with E-state index in [1.807, 2.05) is 12.1 Å². The number of ether oxygens (including phenoxy) is 1. The van der Waals surface area contributed by atoms with Gasteiger partial charge in [-0.1, -0.05) is 43.7 Å². The number of methoxy groups -OCH3 is 1. The molecule has 0 saturated heterocycles. The van der Waals surface area contributed by atoms with Crippen molar-refractivity contribution in [2.75, 3.05) is 7.11 Å². The lowest BCUT2D eigenvalue weighted by molar-refractivity contribution is 0.0594. The Morgan fingerprint density at radius 3 is 2.29 bits per heavy atom. The molecule has 2 nitrogen and oxygen atoms in total. The van der Waals surface area contributed by atoms with Crippen molar-refractivity contribution >= 4 is 5.97 Å². The lowest BCUT2D eigenvalue weighted by Gasteiger charge is -2.08. The molecule has 0 aromatic heterocycles. The first-order valence-corrected chi connectivity index (χ1v) is 6.74. The predicted octanol–water partition coefficient (Wildman–Crippen LogP) is 4.37. The zero-order valence-electron chi connectivity index (χ0n) is 12.0. The summed E-state index contributed by atoms with van der Waals surface area (Å²) in [6.45, 7) is 2.08. The van der Waals surface area contributed by atoms with E-state index in [-0.39, 0.29) is 5.56 Å². The molecule has 0 aliphatic carbocycles. The van der Waals surface area contributed by atoms with Crippen LogP contribution < -0.4 is 0 Å². The Labute approximate surface area is 122 Å². The second-order valence-electron chi connectivity index (χ2n) is 4.73. The van der Waals surface area contributed by atoms with Crippen LogP contribution in [0.5, 0.6) is 0 Å². The molecule has 2 aromatic carbocycles. The molecular weight excluding hydrogens is 274 g/mol. The number of rotatable bonds is 4. The number of hydrogen-bond donors (Lipinski definition) is 0. The summed E-state index contributed by atoms with van der Waals surface area (Å²) >= 11 is 0. The molecule has 21 heavy (non-hydrogen) atoms. The van der Waals surface area contributed by atoms with Crippen molar-refractivity contribution in [1.29, 1.82) is 0 Å². The van der Waals surface area contributed by atoms with Crippen molar-refractivity contribution in [3.63, 3.8) is 0 Å². The lowest BCUT2D eigenvalue weighted by Crippen LogP contribution is -2.06. The highest BCUT2D eigenvalue weighted by atomic mass is 19.2. The van der Waals surface area contributed by atoms with Gasteiger partial charge in [0.15, 0.2) is 11.6 Å². The summed E-state index contributed by atoms with van der Waals surface area (Å²) in [5.41, 5.74) is 1.44. The van der Waals surface area contributed by atoms with Crippen LogP contribution in [0.3, 0.4) is 0 Å². The highest BCUT2D eigenvalue weighted by Gasteiger charge is 2.19. The van der Waals surface area contributed by atoms with Crippen LogP contribution in [-0.2, 0) is 11.2 Å². The molecule has 0 unspecified atom stereocenters. The standard InChI is InChI=1S/C17H16F2O2/c1-3-4-11-5-7-12(8-6-11)13-9-10-14(17(20)21-2)16(19)15(13)18/h5-10H,3-4H2,1-2H3. The van der Waals surface area contributed by atoms with Gasteiger partial charge < -0.3 is 4.74 Å². The number of hydrogen-bond acceptors (Lipinski definition) is 2. The van der Waals surface area contributed by atoms with Gasteiger partial charge in [-0.15, -0.1) is 0 Å². The first-order chi connectivity index (χ1) is 10.1. The van der Waals surface area contributed by atoms with E-state index in [1.165, 1.54) is 12.1 Å². The number of carbonyl (C=O) groups is 1. The van der Waals surface area contributed by atoms with Gasteiger partial charge in [0.1, 0.15) is 0 Å². The Morgan fingerprint density at radius 2 is 1.71 bits per heavy atom. The van der Waals surface area contributed by atoms with Gasteiger partial charge >= 0.3 is 5.97 Å². The molecule has 2 aromatic rings. The molecule has 0 bridgehead atoms. The molecule has 0 spiro atoms. The highest BCUT2D eigenvalue weighted by Crippen LogP contribution is 2.27. The summed E-state index contributed by atoms with van der Waals surface area (Å²) < 4.78 is 32.4. The van der Waals surface area contributed by atoms with Gasteiger partial charge in [-0.3, -0.25) is 0 Å². The number of carbonyl (C=O) groups excluding carboxylic acids is 1. The summed E-state index contributed by atoms with van der Waals surface area (Å²) in [5.74, 6) is -3.12. The Morgan fingerprint density at radius 1 is 1.05 bits per heavy atom. The van der Waals surface area contributed by atoms with E-state index in [1.54, 1.807) is 12.1 Å². The SMILES string of the molecule is CCCc1ccc(-c2ccc(C(=O)OC)c(F)c2F)cc1. The van der Waals surface area contributed by atoms with Gasteiger partial charge in [-0.2, -0.15) is 0 Å². The number of aryl methyl sites for hydroxylation is 1. The number of benzene rings is 2. The fourth-order valence-corrected chi connectivity index (χ4v) is 2.18. The van der Waals surface area contributed by atoms with Gasteiger partial charge in [-0.05, 0) is 23.6 Å². The van der Waals surface area contributed by atoms with Crippen molar-refractivity contribution in [2.24, 2.45) is 0 Å². The molecular formula is C17H16F2O2. The third kappa shape index (κ3) is 3.10. The van der Waals surface area contributed by atoms with Gasteiger partial charge in [0.25, 0.3) is 0 Å². The maximum atomic E-state index is 14.1. The average Bonchev–Trinajstić information content (AvgIpc) is 2.50. The Balaban J connectivity index is 2.41. The van der Waals surface area contributed by atoms with Crippen molar-refractivity contribution in [1.82, 2.24) is 0 Å². The van der Waals surface area contributed by atoms with Crippen LogP contribution in [0.1, 0.15) is 29.3 Å². The van der Waals surface area contributed by atoms with E-state index in [2.05, 4.69) is 11.7 Å². The van der Waals surface area contributed by atoms with E-state index in [0.717, 1.165) is 25.5 Å². The van der Waals surface area contributed by atoms with E-state index >= 15 is 0 Å². The number of halogens is 2. The molecule has 0 amide bonds. The van der Waals surface area contributed by atoms with Crippen LogP contribution in [-0.4, -0.2) is 13.1 Å². The van der Waals surface area contributed by atoms with Gasteiger partial charge in [0, 0.05) is 5.56 Å². The second kappa shape index (κ2) is 6.48. The van der Waals surface area contributed by atoms with Gasteiger partial charge in [0.05, 0.1) is 12.7 Å². The van der Waals surface area contributed by atoms with Crippen molar-refractivity contribution in [2.45, 2.75) is 19.8 Å². The van der Waals surface area contributed by atoms with Crippen LogP contribution in [0.25, 0.3) is 11.1 Å². The summed E-state index contributed by atoms with van der Waals surface area (Å²) in [6.07, 6.45) is 1.97. The lowest BCUT2D eigenvalue weighted by atomic mass is 10.00. The Hall–Kier alpha value is -2.23. The minimum absolute atomic E-state index is 0.128. The van der Waals surface area contributed by atoms with Crippen LogP contribution in [0, 0.1) is 11.6 Å². The minimum Gasteiger partial charge on any atom is -0.465 e.